The van der Waals surface area contributed by atoms with Crippen LogP contribution in [-0.4, -0.2) is 0 Å². The highest BCUT2D eigenvalue weighted by Gasteiger charge is 2.17. The molecule has 1 aromatic rings. The maximum atomic E-state index is 3.28. The lowest BCUT2D eigenvalue weighted by molar-refractivity contribution is 0.590. The second kappa shape index (κ2) is 3.74. The van der Waals surface area contributed by atoms with Gasteiger partial charge in [0.05, 0.1) is 0 Å². The van der Waals surface area contributed by atoms with E-state index in [9.17, 15) is 0 Å². The fourth-order valence-corrected chi connectivity index (χ4v) is 1.47. The Kier molecular flexibility index (Phi) is 2.57. The van der Waals surface area contributed by atoms with Crippen molar-refractivity contribution in [3.63, 3.8) is 0 Å². The van der Waals surface area contributed by atoms with Crippen molar-refractivity contribution in [2.24, 2.45) is 5.92 Å². The summed E-state index contributed by atoms with van der Waals surface area (Å²) in [6, 6.07) is 8.65. The van der Waals surface area contributed by atoms with Gasteiger partial charge in [-0.15, -0.1) is 0 Å². The molecule has 0 radical (unpaired) electrons. The van der Waals surface area contributed by atoms with Crippen LogP contribution in [0.25, 0.3) is 0 Å². The van der Waals surface area contributed by atoms with E-state index in [0.29, 0.717) is 5.92 Å². The number of hydrogen-bond acceptors (Lipinski definition) is 0. The average molecular weight is 198 g/mol. The summed E-state index contributed by atoms with van der Waals surface area (Å²) in [7, 11) is 0. The fraction of sp³-hybridized carbons (Fsp3) is 0.467. The molecule has 0 heteroatoms. The predicted molar refractivity (Wildman–Crippen MR) is 64.7 cm³/mol. The lowest BCUT2D eigenvalue weighted by atomic mass is 9.87. The molecule has 0 spiro atoms. The predicted octanol–water partition coefficient (Wildman–Crippen LogP) is 3.75. The van der Waals surface area contributed by atoms with Gasteiger partial charge in [-0.2, -0.15) is 0 Å². The third kappa shape index (κ3) is 2.86. The summed E-state index contributed by atoms with van der Waals surface area (Å²) in [6.07, 6.45) is 2.60. The smallest absolute Gasteiger partial charge is 0.0245 e. The van der Waals surface area contributed by atoms with Crippen molar-refractivity contribution in [3.05, 3.63) is 35.4 Å². The van der Waals surface area contributed by atoms with Gasteiger partial charge in [0.1, 0.15) is 0 Å². The largest absolute Gasteiger partial charge is 0.0945 e. The Hall–Kier alpha value is -1.22. The molecule has 0 N–H and O–H groups in total. The molecule has 2 rings (SSSR count). The van der Waals surface area contributed by atoms with Gasteiger partial charge in [0.15, 0.2) is 0 Å². The maximum absolute atomic E-state index is 3.28. The van der Waals surface area contributed by atoms with Crippen molar-refractivity contribution < 1.29 is 0 Å². The van der Waals surface area contributed by atoms with Crippen LogP contribution in [0.1, 0.15) is 44.7 Å². The van der Waals surface area contributed by atoms with Gasteiger partial charge in [0.25, 0.3) is 0 Å². The molecule has 1 fully saturated rings. The second-order valence-electron chi connectivity index (χ2n) is 5.37. The molecule has 0 atom stereocenters. The number of rotatable bonds is 0. The molecule has 15 heavy (non-hydrogen) atoms. The van der Waals surface area contributed by atoms with Gasteiger partial charge in [-0.3, -0.25) is 0 Å². The van der Waals surface area contributed by atoms with E-state index in [0.717, 1.165) is 5.56 Å². The molecule has 0 heterocycles. The molecule has 0 nitrogen and oxygen atoms in total. The Morgan fingerprint density at radius 3 is 2.13 bits per heavy atom. The fourth-order valence-electron chi connectivity index (χ4n) is 1.47. The molecule has 0 aliphatic heterocycles. The van der Waals surface area contributed by atoms with E-state index < -0.39 is 0 Å². The molecule has 0 aromatic heterocycles. The van der Waals surface area contributed by atoms with Gasteiger partial charge >= 0.3 is 0 Å². The summed E-state index contributed by atoms with van der Waals surface area (Å²) in [4.78, 5) is 0. The monoisotopic (exact) mass is 198 g/mol. The van der Waals surface area contributed by atoms with Gasteiger partial charge in [-0.05, 0) is 36.0 Å². The molecule has 1 aromatic carbocycles. The normalized spacial score (nSPS) is 15.7. The van der Waals surface area contributed by atoms with E-state index in [1.807, 2.05) is 0 Å². The van der Waals surface area contributed by atoms with E-state index in [4.69, 9.17) is 0 Å². The summed E-state index contributed by atoms with van der Waals surface area (Å²) in [5.41, 5.74) is 2.76. The first-order valence-electron chi connectivity index (χ1n) is 5.68. The van der Waals surface area contributed by atoms with E-state index in [1.54, 1.807) is 0 Å². The van der Waals surface area contributed by atoms with Crippen molar-refractivity contribution in [2.45, 2.75) is 39.0 Å². The zero-order chi connectivity index (χ0) is 10.9. The van der Waals surface area contributed by atoms with Gasteiger partial charge in [-0.25, -0.2) is 0 Å². The highest BCUT2D eigenvalue weighted by atomic mass is 14.2. The summed E-state index contributed by atoms with van der Waals surface area (Å²) >= 11 is 0. The van der Waals surface area contributed by atoms with Crippen LogP contribution in [0.5, 0.6) is 0 Å². The Bertz CT molecular complexity index is 388. The van der Waals surface area contributed by atoms with E-state index in [1.165, 1.54) is 18.4 Å². The first-order valence-corrected chi connectivity index (χ1v) is 5.68. The molecule has 0 unspecified atom stereocenters. The minimum atomic E-state index is 0.239. The highest BCUT2D eigenvalue weighted by Crippen LogP contribution is 2.27. The molecule has 0 bridgehead atoms. The number of benzene rings is 1. The molecule has 1 aliphatic carbocycles. The lowest BCUT2D eigenvalue weighted by Gasteiger charge is -2.18. The minimum absolute atomic E-state index is 0.239. The lowest BCUT2D eigenvalue weighted by Crippen LogP contribution is -2.10. The Labute approximate surface area is 92.7 Å². The van der Waals surface area contributed by atoms with Crippen molar-refractivity contribution in [1.29, 1.82) is 0 Å². The van der Waals surface area contributed by atoms with Gasteiger partial charge in [-0.1, -0.05) is 44.7 Å². The van der Waals surface area contributed by atoms with E-state index in [2.05, 4.69) is 56.9 Å². The van der Waals surface area contributed by atoms with Crippen LogP contribution >= 0.6 is 0 Å². The third-order valence-electron chi connectivity index (χ3n) is 2.75. The van der Waals surface area contributed by atoms with Crippen molar-refractivity contribution in [2.75, 3.05) is 0 Å². The Morgan fingerprint density at radius 2 is 1.67 bits per heavy atom. The second-order valence-corrected chi connectivity index (χ2v) is 5.37. The molecule has 0 saturated heterocycles. The third-order valence-corrected chi connectivity index (χ3v) is 2.75. The van der Waals surface area contributed by atoms with Crippen LogP contribution in [0.15, 0.2) is 24.3 Å². The van der Waals surface area contributed by atoms with Gasteiger partial charge in [0.2, 0.25) is 0 Å². The van der Waals surface area contributed by atoms with Crippen molar-refractivity contribution >= 4 is 0 Å². The molecular formula is C15H18. The standard InChI is InChI=1S/C15H18/c1-15(2,3)14-10-8-13(9-11-14)7-6-12-4-5-12/h8-12H,4-5H2,1-3H3. The van der Waals surface area contributed by atoms with Crippen molar-refractivity contribution in [1.82, 2.24) is 0 Å². The Morgan fingerprint density at radius 1 is 1.07 bits per heavy atom. The van der Waals surface area contributed by atoms with Crippen LogP contribution in [0.3, 0.4) is 0 Å². The van der Waals surface area contributed by atoms with Crippen LogP contribution in [0.2, 0.25) is 0 Å². The van der Waals surface area contributed by atoms with E-state index in [-0.39, 0.29) is 5.41 Å². The summed E-state index contributed by atoms with van der Waals surface area (Å²) < 4.78 is 0. The quantitative estimate of drug-likeness (QED) is 0.557. The molecule has 0 amide bonds. The summed E-state index contributed by atoms with van der Waals surface area (Å²) in [5, 5.41) is 0. The molecule has 1 saturated carbocycles. The maximum Gasteiger partial charge on any atom is 0.0245 e. The summed E-state index contributed by atoms with van der Waals surface area (Å²) in [6.45, 7) is 6.70. The zero-order valence-electron chi connectivity index (χ0n) is 9.80. The van der Waals surface area contributed by atoms with E-state index >= 15 is 0 Å². The zero-order valence-corrected chi connectivity index (χ0v) is 9.80. The highest BCUT2D eigenvalue weighted by molar-refractivity contribution is 5.38. The van der Waals surface area contributed by atoms with Gasteiger partial charge < -0.3 is 0 Å². The van der Waals surface area contributed by atoms with Crippen LogP contribution in [0, 0.1) is 17.8 Å². The molecule has 1 aliphatic rings. The first-order chi connectivity index (χ1) is 7.05. The molecular weight excluding hydrogens is 180 g/mol. The minimum Gasteiger partial charge on any atom is -0.0945 e. The SMILES string of the molecule is CC(C)(C)c1ccc(C#CC2CC2)cc1. The first kappa shape index (κ1) is 10.3. The van der Waals surface area contributed by atoms with Crippen molar-refractivity contribution in [3.8, 4) is 11.8 Å². The van der Waals surface area contributed by atoms with Crippen LogP contribution < -0.4 is 0 Å². The Balaban J connectivity index is 2.14. The van der Waals surface area contributed by atoms with Gasteiger partial charge in [0, 0.05) is 11.5 Å². The molecule has 78 valence electrons. The average Bonchev–Trinajstić information content (AvgIpc) is 2.97. The summed E-state index contributed by atoms with van der Waals surface area (Å²) in [5.74, 6) is 7.20. The van der Waals surface area contributed by atoms with Crippen LogP contribution in [0.4, 0.5) is 0 Å². The number of hydrogen-bond donors (Lipinski definition) is 0. The topological polar surface area (TPSA) is 0 Å². The van der Waals surface area contributed by atoms with Crippen LogP contribution in [-0.2, 0) is 5.41 Å².